The molecule has 1 rings (SSSR count). The van der Waals surface area contributed by atoms with Gasteiger partial charge in [-0.25, -0.2) is 4.79 Å². The molecule has 0 heterocycles. The summed E-state index contributed by atoms with van der Waals surface area (Å²) in [5.74, 6) is -0.782. The van der Waals surface area contributed by atoms with Crippen molar-refractivity contribution < 1.29 is 32.0 Å². The standard InChI is InChI=1S/C12H15NO3.ClH/c1-13(9-12(15)16)8-7-11(14)10-5-3-2-4-6-10;/h2-6H,7-9H2,1H3,(H,15,16);1H. The minimum absolute atomic E-state index is 0. The molecule has 17 heavy (non-hydrogen) atoms. The number of hydrogen-bond donors (Lipinski definition) is 2. The van der Waals surface area contributed by atoms with Crippen molar-refractivity contribution in [2.45, 2.75) is 6.42 Å². The number of carbonyl (C=O) groups excluding carboxylic acids is 1. The second kappa shape index (κ2) is 7.81. The van der Waals surface area contributed by atoms with Gasteiger partial charge in [-0.05, 0) is 0 Å². The van der Waals surface area contributed by atoms with Gasteiger partial charge in [0, 0.05) is 5.56 Å². The van der Waals surface area contributed by atoms with Crippen LogP contribution < -0.4 is 17.3 Å². The van der Waals surface area contributed by atoms with Gasteiger partial charge in [-0.1, -0.05) is 30.3 Å². The molecule has 0 amide bonds. The van der Waals surface area contributed by atoms with E-state index in [-0.39, 0.29) is 24.7 Å². The van der Waals surface area contributed by atoms with Gasteiger partial charge in [-0.3, -0.25) is 4.79 Å². The lowest BCUT2D eigenvalue weighted by atomic mass is 10.1. The second-order valence-electron chi connectivity index (χ2n) is 3.82. The van der Waals surface area contributed by atoms with Crippen molar-refractivity contribution in [3.05, 3.63) is 35.9 Å². The monoisotopic (exact) mass is 257 g/mol. The van der Waals surface area contributed by atoms with Crippen molar-refractivity contribution in [3.63, 3.8) is 0 Å². The molecule has 4 nitrogen and oxygen atoms in total. The van der Waals surface area contributed by atoms with Crippen molar-refractivity contribution in [3.8, 4) is 0 Å². The first-order valence-corrected chi connectivity index (χ1v) is 5.21. The minimum atomic E-state index is -0.843. The van der Waals surface area contributed by atoms with Crippen LogP contribution in [-0.4, -0.2) is 37.0 Å². The number of halogens is 1. The zero-order valence-corrected chi connectivity index (χ0v) is 10.4. The second-order valence-corrected chi connectivity index (χ2v) is 3.82. The van der Waals surface area contributed by atoms with Gasteiger partial charge in [0.25, 0.3) is 0 Å². The van der Waals surface area contributed by atoms with Crippen molar-refractivity contribution in [2.24, 2.45) is 0 Å². The van der Waals surface area contributed by atoms with E-state index in [9.17, 15) is 9.59 Å². The maximum Gasteiger partial charge on any atom is 0.359 e. The van der Waals surface area contributed by atoms with E-state index < -0.39 is 5.97 Å². The first kappa shape index (κ1) is 15.6. The number of benzene rings is 1. The normalized spacial score (nSPS) is 11.4. The fourth-order valence-corrected chi connectivity index (χ4v) is 1.44. The van der Waals surface area contributed by atoms with E-state index in [2.05, 4.69) is 0 Å². The minimum Gasteiger partial charge on any atom is -1.00 e. The van der Waals surface area contributed by atoms with Crippen molar-refractivity contribution >= 4 is 11.8 Å². The molecule has 0 aliphatic carbocycles. The Bertz CT molecular complexity index is 367. The third-order valence-corrected chi connectivity index (χ3v) is 2.33. The van der Waals surface area contributed by atoms with Gasteiger partial charge >= 0.3 is 5.97 Å². The zero-order valence-electron chi connectivity index (χ0n) is 9.65. The first-order chi connectivity index (χ1) is 7.59. The molecule has 94 valence electrons. The first-order valence-electron chi connectivity index (χ1n) is 5.21. The lowest BCUT2D eigenvalue weighted by molar-refractivity contribution is -0.871. The Morgan fingerprint density at radius 3 is 2.35 bits per heavy atom. The summed E-state index contributed by atoms with van der Waals surface area (Å²) in [5.41, 5.74) is 0.686. The summed E-state index contributed by atoms with van der Waals surface area (Å²) in [7, 11) is 1.77. The number of ketones is 1. The highest BCUT2D eigenvalue weighted by molar-refractivity contribution is 5.96. The van der Waals surface area contributed by atoms with Crippen LogP contribution >= 0.6 is 0 Å². The van der Waals surface area contributed by atoms with E-state index >= 15 is 0 Å². The topological polar surface area (TPSA) is 58.8 Å². The van der Waals surface area contributed by atoms with E-state index in [1.807, 2.05) is 18.2 Å². The number of carboxylic acids is 1. The number of nitrogens with one attached hydrogen (secondary N) is 1. The highest BCUT2D eigenvalue weighted by Crippen LogP contribution is 2.01. The molecule has 1 unspecified atom stereocenters. The predicted octanol–water partition coefficient (Wildman–Crippen LogP) is -3.14. The highest BCUT2D eigenvalue weighted by atomic mass is 35.5. The van der Waals surface area contributed by atoms with Crippen LogP contribution in [-0.2, 0) is 4.79 Å². The molecule has 0 saturated heterocycles. The molecule has 0 aromatic heterocycles. The smallest absolute Gasteiger partial charge is 0.359 e. The molecular weight excluding hydrogens is 242 g/mol. The average Bonchev–Trinajstić information content (AvgIpc) is 2.26. The molecule has 1 aromatic rings. The van der Waals surface area contributed by atoms with Crippen LogP contribution in [0.5, 0.6) is 0 Å². The summed E-state index contributed by atoms with van der Waals surface area (Å²) >= 11 is 0. The molecule has 0 bridgehead atoms. The van der Waals surface area contributed by atoms with Crippen LogP contribution in [0.1, 0.15) is 16.8 Å². The highest BCUT2D eigenvalue weighted by Gasteiger charge is 2.11. The molecule has 0 aliphatic rings. The molecule has 5 heteroatoms. The maximum atomic E-state index is 11.7. The fourth-order valence-electron chi connectivity index (χ4n) is 1.44. The maximum absolute atomic E-state index is 11.7. The van der Waals surface area contributed by atoms with Gasteiger partial charge in [-0.2, -0.15) is 0 Å². The Morgan fingerprint density at radius 1 is 1.24 bits per heavy atom. The predicted molar refractivity (Wildman–Crippen MR) is 59.6 cm³/mol. The average molecular weight is 258 g/mol. The number of aliphatic carboxylic acids is 1. The molecule has 1 atom stereocenters. The fraction of sp³-hybridized carbons (Fsp3) is 0.333. The molecule has 0 fully saturated rings. The van der Waals surface area contributed by atoms with Gasteiger partial charge in [0.15, 0.2) is 12.3 Å². The van der Waals surface area contributed by atoms with E-state index in [1.165, 1.54) is 0 Å². The summed E-state index contributed by atoms with van der Waals surface area (Å²) in [5, 5.41) is 8.56. The number of carboxylic acid groups (broad SMARTS) is 1. The summed E-state index contributed by atoms with van der Waals surface area (Å²) < 4.78 is 0. The van der Waals surface area contributed by atoms with Gasteiger partial charge in [-0.15, -0.1) is 0 Å². The summed E-state index contributed by atoms with van der Waals surface area (Å²) in [6, 6.07) is 9.05. The Labute approximate surface area is 107 Å². The Kier molecular flexibility index (Phi) is 7.18. The Hall–Kier alpha value is -1.39. The van der Waals surface area contributed by atoms with Crippen LogP contribution in [0.15, 0.2) is 30.3 Å². The molecule has 0 spiro atoms. The number of quaternary nitrogens is 1. The third-order valence-electron chi connectivity index (χ3n) is 2.33. The largest absolute Gasteiger partial charge is 1.00 e. The van der Waals surface area contributed by atoms with Crippen LogP contribution in [0.4, 0.5) is 0 Å². The molecule has 0 radical (unpaired) electrons. The van der Waals surface area contributed by atoms with Crippen molar-refractivity contribution in [2.75, 3.05) is 20.1 Å². The number of rotatable bonds is 6. The van der Waals surface area contributed by atoms with Crippen molar-refractivity contribution in [1.82, 2.24) is 0 Å². The third kappa shape index (κ3) is 6.04. The summed E-state index contributed by atoms with van der Waals surface area (Å²) in [6.07, 6.45) is 0.378. The molecular formula is C12H16ClNO3. The molecule has 0 aliphatic heterocycles. The van der Waals surface area contributed by atoms with E-state index in [0.717, 1.165) is 4.90 Å². The Balaban J connectivity index is 0.00000256. The van der Waals surface area contributed by atoms with Crippen LogP contribution in [0, 0.1) is 0 Å². The molecule has 1 aromatic carbocycles. The lowest BCUT2D eigenvalue weighted by Gasteiger charge is -2.10. The number of hydrogen-bond acceptors (Lipinski definition) is 2. The van der Waals surface area contributed by atoms with Crippen LogP contribution in [0.2, 0.25) is 0 Å². The molecule has 0 saturated carbocycles. The van der Waals surface area contributed by atoms with Crippen LogP contribution in [0.25, 0.3) is 0 Å². The summed E-state index contributed by atoms with van der Waals surface area (Å²) in [6.45, 7) is 0.585. The SMILES string of the molecule is C[NH+](CCC(=O)c1ccccc1)CC(=O)O.[Cl-]. The molecule has 2 N–H and O–H groups in total. The zero-order chi connectivity index (χ0) is 12.0. The van der Waals surface area contributed by atoms with Gasteiger partial charge in [0.05, 0.1) is 20.0 Å². The van der Waals surface area contributed by atoms with Gasteiger partial charge in [0.1, 0.15) is 0 Å². The quantitative estimate of drug-likeness (QED) is 0.530. The van der Waals surface area contributed by atoms with Gasteiger partial charge < -0.3 is 22.4 Å². The van der Waals surface area contributed by atoms with Crippen molar-refractivity contribution in [1.29, 1.82) is 0 Å². The van der Waals surface area contributed by atoms with Crippen LogP contribution in [0.3, 0.4) is 0 Å². The summed E-state index contributed by atoms with van der Waals surface area (Å²) in [4.78, 5) is 22.9. The number of Topliss-reactive ketones (excluding diaryl/α,β-unsaturated/α-hetero) is 1. The number of likely N-dealkylation sites (N-methyl/N-ethyl adjacent to an activating group) is 1. The van der Waals surface area contributed by atoms with E-state index in [0.29, 0.717) is 18.5 Å². The lowest BCUT2D eigenvalue weighted by Crippen LogP contribution is -3.10. The Morgan fingerprint density at radius 2 is 1.82 bits per heavy atom. The van der Waals surface area contributed by atoms with Gasteiger partial charge in [0.2, 0.25) is 0 Å². The van der Waals surface area contributed by atoms with E-state index in [4.69, 9.17) is 5.11 Å². The number of carbonyl (C=O) groups is 2. The van der Waals surface area contributed by atoms with E-state index in [1.54, 1.807) is 19.2 Å².